The molecule has 1 N–H and O–H groups in total. The van der Waals surface area contributed by atoms with E-state index >= 15 is 0 Å². The fourth-order valence-corrected chi connectivity index (χ4v) is 1.90. The maximum atomic E-state index is 11.6. The van der Waals surface area contributed by atoms with Crippen LogP contribution in [-0.4, -0.2) is 49.6 Å². The van der Waals surface area contributed by atoms with Gasteiger partial charge in [-0.3, -0.25) is 9.59 Å². The number of hydrogen-bond acceptors (Lipinski definition) is 4. The van der Waals surface area contributed by atoms with Gasteiger partial charge in [0.25, 0.3) is 0 Å². The zero-order valence-electron chi connectivity index (χ0n) is 10.7. The monoisotopic (exact) mass is 242 g/mol. The Hall–Kier alpha value is -1.10. The number of piperidine rings is 1. The van der Waals surface area contributed by atoms with E-state index in [0.717, 1.165) is 25.9 Å². The van der Waals surface area contributed by atoms with Crippen molar-refractivity contribution in [2.45, 2.75) is 38.6 Å². The lowest BCUT2D eigenvalue weighted by Crippen LogP contribution is -2.43. The molecule has 0 aromatic rings. The smallest absolute Gasteiger partial charge is 0.306 e. The van der Waals surface area contributed by atoms with Crippen molar-refractivity contribution in [3.8, 4) is 0 Å². The molecule has 0 radical (unpaired) electrons. The van der Waals surface area contributed by atoms with E-state index in [-0.39, 0.29) is 30.8 Å². The Morgan fingerprint density at radius 1 is 1.29 bits per heavy atom. The van der Waals surface area contributed by atoms with E-state index in [2.05, 4.69) is 17.3 Å². The Labute approximate surface area is 102 Å². The normalized spacial score (nSPS) is 17.8. The molecule has 0 atom stereocenters. The first-order valence-corrected chi connectivity index (χ1v) is 6.25. The molecule has 1 fully saturated rings. The Kier molecular flexibility index (Phi) is 5.97. The molecule has 1 amide bonds. The van der Waals surface area contributed by atoms with Crippen molar-refractivity contribution in [1.29, 1.82) is 0 Å². The van der Waals surface area contributed by atoms with Gasteiger partial charge in [-0.15, -0.1) is 0 Å². The third kappa shape index (κ3) is 5.68. The summed E-state index contributed by atoms with van der Waals surface area (Å²) in [4.78, 5) is 24.9. The highest BCUT2D eigenvalue weighted by atomic mass is 16.5. The Morgan fingerprint density at radius 3 is 2.53 bits per heavy atom. The molecule has 5 heteroatoms. The van der Waals surface area contributed by atoms with Gasteiger partial charge in [0.1, 0.15) is 0 Å². The van der Waals surface area contributed by atoms with Gasteiger partial charge < -0.3 is 15.0 Å². The van der Waals surface area contributed by atoms with Crippen LogP contribution < -0.4 is 5.32 Å². The molecule has 0 aliphatic carbocycles. The first kappa shape index (κ1) is 14.0. The molecule has 1 saturated heterocycles. The number of esters is 1. The predicted molar refractivity (Wildman–Crippen MR) is 64.5 cm³/mol. The van der Waals surface area contributed by atoms with Crippen molar-refractivity contribution in [3.05, 3.63) is 0 Å². The average molecular weight is 242 g/mol. The van der Waals surface area contributed by atoms with Crippen LogP contribution in [0.25, 0.3) is 0 Å². The molecule has 0 aromatic heterocycles. The molecule has 0 unspecified atom stereocenters. The lowest BCUT2D eigenvalue weighted by molar-refractivity contribution is -0.144. The third-order valence-corrected chi connectivity index (χ3v) is 2.95. The number of nitrogens with zero attached hydrogens (tertiary/aromatic N) is 1. The van der Waals surface area contributed by atoms with E-state index in [1.54, 1.807) is 6.92 Å². The van der Waals surface area contributed by atoms with Crippen molar-refractivity contribution in [1.82, 2.24) is 10.2 Å². The molecule has 0 bridgehead atoms. The summed E-state index contributed by atoms with van der Waals surface area (Å²) in [6, 6.07) is 0.265. The maximum absolute atomic E-state index is 11.6. The van der Waals surface area contributed by atoms with Gasteiger partial charge >= 0.3 is 5.97 Å². The van der Waals surface area contributed by atoms with E-state index in [1.807, 2.05) is 0 Å². The van der Waals surface area contributed by atoms with E-state index in [9.17, 15) is 9.59 Å². The molecule has 0 aromatic carbocycles. The summed E-state index contributed by atoms with van der Waals surface area (Å²) in [6.45, 7) is 4.16. The predicted octanol–water partition coefficient (Wildman–Crippen LogP) is 0.540. The summed E-state index contributed by atoms with van der Waals surface area (Å²) in [7, 11) is 2.08. The van der Waals surface area contributed by atoms with E-state index in [1.165, 1.54) is 0 Å². The minimum Gasteiger partial charge on any atom is -0.466 e. The van der Waals surface area contributed by atoms with Crippen LogP contribution in [0, 0.1) is 0 Å². The summed E-state index contributed by atoms with van der Waals surface area (Å²) in [5.41, 5.74) is 0. The first-order chi connectivity index (χ1) is 8.11. The van der Waals surface area contributed by atoms with Crippen LogP contribution in [0.1, 0.15) is 32.6 Å². The highest BCUT2D eigenvalue weighted by Gasteiger charge is 2.18. The van der Waals surface area contributed by atoms with Gasteiger partial charge in [0.05, 0.1) is 13.0 Å². The summed E-state index contributed by atoms with van der Waals surface area (Å²) in [5.74, 6) is -0.348. The summed E-state index contributed by atoms with van der Waals surface area (Å²) in [5, 5.41) is 2.96. The summed E-state index contributed by atoms with van der Waals surface area (Å²) >= 11 is 0. The highest BCUT2D eigenvalue weighted by molar-refractivity contribution is 5.81. The number of nitrogens with one attached hydrogen (secondary N) is 1. The van der Waals surface area contributed by atoms with Gasteiger partial charge in [0, 0.05) is 12.5 Å². The quantitative estimate of drug-likeness (QED) is 0.715. The van der Waals surface area contributed by atoms with Crippen LogP contribution >= 0.6 is 0 Å². The van der Waals surface area contributed by atoms with Crippen LogP contribution in [0.2, 0.25) is 0 Å². The van der Waals surface area contributed by atoms with Crippen molar-refractivity contribution in [2.75, 3.05) is 26.7 Å². The second kappa shape index (κ2) is 7.27. The van der Waals surface area contributed by atoms with Gasteiger partial charge in [0.15, 0.2) is 0 Å². The van der Waals surface area contributed by atoms with Gasteiger partial charge in [-0.25, -0.2) is 0 Å². The Balaban J connectivity index is 2.14. The lowest BCUT2D eigenvalue weighted by atomic mass is 10.1. The number of carbonyl (C=O) groups is 2. The second-order valence-electron chi connectivity index (χ2n) is 4.45. The number of ether oxygens (including phenoxy) is 1. The van der Waals surface area contributed by atoms with E-state index in [4.69, 9.17) is 4.74 Å². The molecule has 1 aliphatic heterocycles. The maximum Gasteiger partial charge on any atom is 0.306 e. The van der Waals surface area contributed by atoms with Crippen molar-refractivity contribution >= 4 is 11.9 Å². The van der Waals surface area contributed by atoms with E-state index in [0.29, 0.717) is 6.61 Å². The van der Waals surface area contributed by atoms with Gasteiger partial charge in [-0.2, -0.15) is 0 Å². The summed E-state index contributed by atoms with van der Waals surface area (Å²) < 4.78 is 4.77. The van der Waals surface area contributed by atoms with Crippen molar-refractivity contribution < 1.29 is 14.3 Å². The SMILES string of the molecule is CCOC(=O)CCC(=O)NC1CCN(C)CC1. The molecule has 17 heavy (non-hydrogen) atoms. The average Bonchev–Trinajstić information content (AvgIpc) is 2.30. The Morgan fingerprint density at radius 2 is 1.94 bits per heavy atom. The third-order valence-electron chi connectivity index (χ3n) is 2.95. The van der Waals surface area contributed by atoms with Crippen LogP contribution in [0.15, 0.2) is 0 Å². The largest absolute Gasteiger partial charge is 0.466 e. The van der Waals surface area contributed by atoms with Crippen LogP contribution in [0.3, 0.4) is 0 Å². The highest BCUT2D eigenvalue weighted by Crippen LogP contribution is 2.08. The Bertz CT molecular complexity index is 260. The van der Waals surface area contributed by atoms with Gasteiger partial charge in [0.2, 0.25) is 5.91 Å². The van der Waals surface area contributed by atoms with Crippen LogP contribution in [0.4, 0.5) is 0 Å². The molecule has 0 spiro atoms. The molecular weight excluding hydrogens is 220 g/mol. The fourth-order valence-electron chi connectivity index (χ4n) is 1.90. The van der Waals surface area contributed by atoms with Crippen LogP contribution in [-0.2, 0) is 14.3 Å². The zero-order chi connectivity index (χ0) is 12.7. The molecule has 98 valence electrons. The standard InChI is InChI=1S/C12H22N2O3/c1-3-17-12(16)5-4-11(15)13-10-6-8-14(2)9-7-10/h10H,3-9H2,1-2H3,(H,13,15). The molecule has 1 heterocycles. The fraction of sp³-hybridized carbons (Fsp3) is 0.833. The lowest BCUT2D eigenvalue weighted by Gasteiger charge is -2.29. The number of likely N-dealkylation sites (tertiary alicyclic amines) is 1. The molecule has 1 aliphatic rings. The van der Waals surface area contributed by atoms with Crippen molar-refractivity contribution in [2.24, 2.45) is 0 Å². The van der Waals surface area contributed by atoms with Crippen molar-refractivity contribution in [3.63, 3.8) is 0 Å². The van der Waals surface area contributed by atoms with Gasteiger partial charge in [-0.1, -0.05) is 0 Å². The molecule has 0 saturated carbocycles. The second-order valence-corrected chi connectivity index (χ2v) is 4.45. The molecule has 5 nitrogen and oxygen atoms in total. The zero-order valence-corrected chi connectivity index (χ0v) is 10.7. The number of hydrogen-bond donors (Lipinski definition) is 1. The van der Waals surface area contributed by atoms with E-state index < -0.39 is 0 Å². The summed E-state index contributed by atoms with van der Waals surface area (Å²) in [6.07, 6.45) is 2.38. The minimum atomic E-state index is -0.300. The topological polar surface area (TPSA) is 58.6 Å². The number of amides is 1. The first-order valence-electron chi connectivity index (χ1n) is 6.25. The minimum absolute atomic E-state index is 0.0485. The molecule has 1 rings (SSSR count). The number of rotatable bonds is 5. The van der Waals surface area contributed by atoms with Gasteiger partial charge in [-0.05, 0) is 39.9 Å². The van der Waals surface area contributed by atoms with Crippen LogP contribution in [0.5, 0.6) is 0 Å². The molecular formula is C12H22N2O3. The number of carbonyl (C=O) groups excluding carboxylic acids is 2.